The first-order valence-corrected chi connectivity index (χ1v) is 2.91. The Bertz CT molecular complexity index is 120. The molecule has 1 N–H and O–H groups in total. The van der Waals surface area contributed by atoms with Crippen LogP contribution in [0.4, 0.5) is 0 Å². The SMILES string of the molecule is BC(=O)C1(NC)CC1. The van der Waals surface area contributed by atoms with E-state index in [9.17, 15) is 4.79 Å². The van der Waals surface area contributed by atoms with Crippen molar-refractivity contribution in [3.63, 3.8) is 0 Å². The van der Waals surface area contributed by atoms with Crippen LogP contribution >= 0.6 is 0 Å². The lowest BCUT2D eigenvalue weighted by Crippen LogP contribution is -2.36. The average molecular weight is 111 g/mol. The second-order valence-electron chi connectivity index (χ2n) is 2.39. The van der Waals surface area contributed by atoms with E-state index in [2.05, 4.69) is 5.32 Å². The first kappa shape index (κ1) is 5.82. The first-order valence-electron chi connectivity index (χ1n) is 2.91. The van der Waals surface area contributed by atoms with Gasteiger partial charge in [-0.2, -0.15) is 0 Å². The molecule has 1 rings (SSSR count). The Morgan fingerprint density at radius 1 is 1.75 bits per heavy atom. The Labute approximate surface area is 50.1 Å². The van der Waals surface area contributed by atoms with Gasteiger partial charge in [-0.05, 0) is 19.9 Å². The third-order valence-corrected chi connectivity index (χ3v) is 1.90. The number of hydrogen-bond acceptors (Lipinski definition) is 2. The maximum atomic E-state index is 10.7. The van der Waals surface area contributed by atoms with E-state index in [4.69, 9.17) is 0 Å². The summed E-state index contributed by atoms with van der Waals surface area (Å²) in [5.74, 6) is 0. The summed E-state index contributed by atoms with van der Waals surface area (Å²) in [5.41, 5.74) is 0.181. The molecule has 0 aromatic carbocycles. The van der Waals surface area contributed by atoms with Gasteiger partial charge in [0, 0.05) is 0 Å². The van der Waals surface area contributed by atoms with Crippen molar-refractivity contribution in [1.29, 1.82) is 0 Å². The number of likely N-dealkylation sites (N-methyl/N-ethyl adjacent to an activating group) is 1. The topological polar surface area (TPSA) is 29.1 Å². The smallest absolute Gasteiger partial charge is 0.189 e. The third kappa shape index (κ3) is 0.669. The van der Waals surface area contributed by atoms with E-state index in [1.807, 2.05) is 7.05 Å². The van der Waals surface area contributed by atoms with Crippen LogP contribution in [0.15, 0.2) is 0 Å². The molecule has 0 aromatic rings. The molecule has 0 aliphatic heterocycles. The fraction of sp³-hybridized carbons (Fsp3) is 0.800. The van der Waals surface area contributed by atoms with Crippen LogP contribution in [0.2, 0.25) is 0 Å². The van der Waals surface area contributed by atoms with E-state index >= 15 is 0 Å². The van der Waals surface area contributed by atoms with Crippen molar-refractivity contribution in [2.24, 2.45) is 0 Å². The van der Waals surface area contributed by atoms with Crippen molar-refractivity contribution in [3.8, 4) is 0 Å². The Morgan fingerprint density at radius 2 is 2.25 bits per heavy atom. The fourth-order valence-electron chi connectivity index (χ4n) is 0.903. The maximum absolute atomic E-state index is 10.7. The molecule has 0 atom stereocenters. The summed E-state index contributed by atoms with van der Waals surface area (Å²) in [6, 6.07) is 0. The van der Waals surface area contributed by atoms with Gasteiger partial charge in [-0.25, -0.2) is 0 Å². The molecular weight excluding hydrogens is 101 g/mol. The minimum absolute atomic E-state index is 0.0972. The van der Waals surface area contributed by atoms with Crippen LogP contribution in [0.25, 0.3) is 0 Å². The molecule has 3 heteroatoms. The lowest BCUT2D eigenvalue weighted by Gasteiger charge is -2.07. The normalized spacial score (nSPS) is 22.6. The Morgan fingerprint density at radius 3 is 2.25 bits per heavy atom. The zero-order chi connectivity index (χ0) is 6.20. The maximum Gasteiger partial charge on any atom is 0.189 e. The molecule has 0 bridgehead atoms. The standard InChI is InChI=1S/C5H10BNO/c1-7-5(2-3-5)4(6)8/h7H,2-3,6H2,1H3. The van der Waals surface area contributed by atoms with Crippen LogP contribution in [-0.2, 0) is 4.79 Å². The van der Waals surface area contributed by atoms with Gasteiger partial charge in [-0.15, -0.1) is 0 Å². The van der Waals surface area contributed by atoms with Gasteiger partial charge in [-0.1, -0.05) is 0 Å². The number of hydrogen-bond donors (Lipinski definition) is 1. The molecule has 0 heterocycles. The highest BCUT2D eigenvalue weighted by molar-refractivity contribution is 6.60. The van der Waals surface area contributed by atoms with Gasteiger partial charge < -0.3 is 10.1 Å². The summed E-state index contributed by atoms with van der Waals surface area (Å²) < 4.78 is 0. The summed E-state index contributed by atoms with van der Waals surface area (Å²) in [6.07, 6.45) is 2.05. The molecule has 0 radical (unpaired) electrons. The Kier molecular flexibility index (Phi) is 1.16. The predicted molar refractivity (Wildman–Crippen MR) is 34.6 cm³/mol. The molecule has 8 heavy (non-hydrogen) atoms. The molecule has 2 nitrogen and oxygen atoms in total. The monoisotopic (exact) mass is 111 g/mol. The molecule has 0 saturated heterocycles. The van der Waals surface area contributed by atoms with Crippen molar-refractivity contribution >= 4 is 13.5 Å². The van der Waals surface area contributed by atoms with Crippen LogP contribution in [0.5, 0.6) is 0 Å². The third-order valence-electron chi connectivity index (χ3n) is 1.90. The van der Waals surface area contributed by atoms with E-state index in [1.54, 1.807) is 7.85 Å². The second-order valence-corrected chi connectivity index (χ2v) is 2.39. The molecule has 0 spiro atoms. The van der Waals surface area contributed by atoms with Gasteiger partial charge in [0.2, 0.25) is 0 Å². The first-order chi connectivity index (χ1) is 3.71. The summed E-state index contributed by atoms with van der Waals surface area (Å²) in [5, 5.41) is 3.00. The largest absolute Gasteiger partial charge is 0.310 e. The molecule has 44 valence electrons. The van der Waals surface area contributed by atoms with Gasteiger partial charge in [0.05, 0.1) is 5.54 Å². The van der Waals surface area contributed by atoms with Crippen LogP contribution in [0.3, 0.4) is 0 Å². The van der Waals surface area contributed by atoms with E-state index in [-0.39, 0.29) is 11.2 Å². The van der Waals surface area contributed by atoms with Gasteiger partial charge >= 0.3 is 0 Å². The second kappa shape index (κ2) is 1.59. The highest BCUT2D eigenvalue weighted by atomic mass is 16.1. The van der Waals surface area contributed by atoms with Crippen LogP contribution < -0.4 is 5.32 Å². The van der Waals surface area contributed by atoms with Gasteiger partial charge in [0.25, 0.3) is 0 Å². The summed E-state index contributed by atoms with van der Waals surface area (Å²) in [4.78, 5) is 10.7. The molecule has 1 aliphatic rings. The van der Waals surface area contributed by atoms with Crippen molar-refractivity contribution in [1.82, 2.24) is 5.32 Å². The molecule has 0 amide bonds. The van der Waals surface area contributed by atoms with Crippen LogP contribution in [-0.4, -0.2) is 26.1 Å². The number of nitrogens with one attached hydrogen (secondary N) is 1. The quantitative estimate of drug-likeness (QED) is 0.458. The van der Waals surface area contributed by atoms with Gasteiger partial charge in [0.1, 0.15) is 5.68 Å². The van der Waals surface area contributed by atoms with Gasteiger partial charge in [0.15, 0.2) is 7.85 Å². The molecular formula is C5H10BNO. The van der Waals surface area contributed by atoms with Gasteiger partial charge in [-0.3, -0.25) is 0 Å². The van der Waals surface area contributed by atoms with E-state index in [0.29, 0.717) is 0 Å². The van der Waals surface area contributed by atoms with Crippen molar-refractivity contribution in [2.75, 3.05) is 7.05 Å². The highest BCUT2D eigenvalue weighted by Gasteiger charge is 2.44. The molecule has 0 aromatic heterocycles. The summed E-state index contributed by atoms with van der Waals surface area (Å²) in [7, 11) is 3.48. The summed E-state index contributed by atoms with van der Waals surface area (Å²) in [6.45, 7) is 0. The van der Waals surface area contributed by atoms with Crippen LogP contribution in [0, 0.1) is 0 Å². The molecule has 1 saturated carbocycles. The number of rotatable bonds is 2. The Balaban J connectivity index is 2.53. The van der Waals surface area contributed by atoms with E-state index in [0.717, 1.165) is 12.8 Å². The number of carbonyl (C=O) groups is 1. The minimum Gasteiger partial charge on any atom is -0.310 e. The zero-order valence-electron chi connectivity index (χ0n) is 5.32. The lowest BCUT2D eigenvalue weighted by atomic mass is 9.93. The highest BCUT2D eigenvalue weighted by Crippen LogP contribution is 2.34. The molecule has 1 fully saturated rings. The minimum atomic E-state index is -0.0972. The number of carbonyl (C=O) groups excluding carboxylic acids is 1. The van der Waals surface area contributed by atoms with Crippen molar-refractivity contribution in [3.05, 3.63) is 0 Å². The molecule has 1 aliphatic carbocycles. The Hall–Kier alpha value is -0.305. The lowest BCUT2D eigenvalue weighted by molar-refractivity contribution is -0.114. The van der Waals surface area contributed by atoms with Crippen molar-refractivity contribution < 1.29 is 4.79 Å². The fourth-order valence-corrected chi connectivity index (χ4v) is 0.903. The molecule has 0 unspecified atom stereocenters. The zero-order valence-corrected chi connectivity index (χ0v) is 5.32. The van der Waals surface area contributed by atoms with E-state index < -0.39 is 0 Å². The summed E-state index contributed by atoms with van der Waals surface area (Å²) >= 11 is 0. The van der Waals surface area contributed by atoms with Crippen LogP contribution in [0.1, 0.15) is 12.8 Å². The average Bonchev–Trinajstić information content (AvgIpc) is 2.44. The van der Waals surface area contributed by atoms with Crippen molar-refractivity contribution in [2.45, 2.75) is 18.4 Å². The predicted octanol–water partition coefficient (Wildman–Crippen LogP) is -1.10. The van der Waals surface area contributed by atoms with E-state index in [1.165, 1.54) is 0 Å².